The number of carbonyl (C=O) groups excluding carboxylic acids is 1. The maximum Gasteiger partial charge on any atom is 0.353 e. The normalized spacial score (nSPS) is 16.2. The molecule has 2 aromatic rings. The molecule has 2 aromatic carbocycles. The molecule has 0 N–H and O–H groups in total. The largest absolute Gasteiger partial charge is 0.478 e. The van der Waals surface area contributed by atoms with Crippen LogP contribution in [0.3, 0.4) is 0 Å². The van der Waals surface area contributed by atoms with E-state index in [2.05, 4.69) is 15.9 Å². The maximum atomic E-state index is 13.6. The van der Waals surface area contributed by atoms with Crippen molar-refractivity contribution in [3.63, 3.8) is 0 Å². The van der Waals surface area contributed by atoms with E-state index in [1.807, 2.05) is 0 Å². The van der Waals surface area contributed by atoms with Crippen LogP contribution in [0, 0.1) is 5.82 Å². The van der Waals surface area contributed by atoms with E-state index in [0.717, 1.165) is 5.56 Å². The van der Waals surface area contributed by atoms with Gasteiger partial charge in [-0.2, -0.15) is 0 Å². The number of esters is 1. The lowest BCUT2D eigenvalue weighted by Gasteiger charge is -2.10. The maximum absolute atomic E-state index is 13.6. The Morgan fingerprint density at radius 2 is 2.14 bits per heavy atom. The smallest absolute Gasteiger partial charge is 0.353 e. The third-order valence-electron chi connectivity index (χ3n) is 3.06. The van der Waals surface area contributed by atoms with Crippen molar-refractivity contribution < 1.29 is 18.7 Å². The molecule has 21 heavy (non-hydrogen) atoms. The summed E-state index contributed by atoms with van der Waals surface area (Å²) in [6.45, 7) is 0. The van der Waals surface area contributed by atoms with Crippen LogP contribution >= 0.6 is 27.5 Å². The summed E-state index contributed by atoms with van der Waals surface area (Å²) in [6, 6.07) is 9.33. The summed E-state index contributed by atoms with van der Waals surface area (Å²) in [6.07, 6.45) is -0.436. The Bertz CT molecular complexity index is 720. The Labute approximate surface area is 133 Å². The van der Waals surface area contributed by atoms with E-state index >= 15 is 0 Å². The fourth-order valence-corrected chi connectivity index (χ4v) is 2.61. The van der Waals surface area contributed by atoms with E-state index in [0.29, 0.717) is 21.7 Å². The van der Waals surface area contributed by atoms with Crippen LogP contribution < -0.4 is 9.47 Å². The molecule has 0 fully saturated rings. The minimum Gasteiger partial charge on any atom is -0.478 e. The average Bonchev–Trinajstić information content (AvgIpc) is 2.85. The number of halogens is 3. The van der Waals surface area contributed by atoms with Crippen LogP contribution in [0.1, 0.15) is 5.56 Å². The van der Waals surface area contributed by atoms with Crippen LogP contribution in [0.5, 0.6) is 11.5 Å². The Morgan fingerprint density at radius 1 is 1.33 bits per heavy atom. The molecule has 0 bridgehead atoms. The Hall–Kier alpha value is -1.59. The summed E-state index contributed by atoms with van der Waals surface area (Å²) in [5.74, 6) is -0.779. The highest BCUT2D eigenvalue weighted by molar-refractivity contribution is 9.10. The van der Waals surface area contributed by atoms with Gasteiger partial charge in [-0.05, 0) is 42.0 Å². The second kappa shape index (κ2) is 5.66. The molecule has 0 aromatic heterocycles. The van der Waals surface area contributed by atoms with E-state index in [1.54, 1.807) is 24.3 Å². The molecule has 1 aliphatic rings. The fourth-order valence-electron chi connectivity index (χ4n) is 2.08. The highest BCUT2D eigenvalue weighted by Crippen LogP contribution is 2.32. The number of ether oxygens (including phenoxy) is 2. The first-order chi connectivity index (χ1) is 10.0. The quantitative estimate of drug-likeness (QED) is 0.588. The number of hydrogen-bond acceptors (Lipinski definition) is 3. The summed E-state index contributed by atoms with van der Waals surface area (Å²) in [7, 11) is 0. The summed E-state index contributed by atoms with van der Waals surface area (Å²) in [5, 5.41) is 0.574. The van der Waals surface area contributed by atoms with Gasteiger partial charge in [0.05, 0.1) is 0 Å². The number of carbonyl (C=O) groups is 1. The topological polar surface area (TPSA) is 35.5 Å². The van der Waals surface area contributed by atoms with E-state index in [-0.39, 0.29) is 5.75 Å². The highest BCUT2D eigenvalue weighted by Gasteiger charge is 2.31. The second-order valence-electron chi connectivity index (χ2n) is 4.56. The first kappa shape index (κ1) is 14.4. The zero-order chi connectivity index (χ0) is 15.0. The molecular formula is C15H9BrClFO3. The van der Waals surface area contributed by atoms with Gasteiger partial charge >= 0.3 is 5.97 Å². The molecule has 6 heteroatoms. The molecule has 1 heterocycles. The minimum absolute atomic E-state index is 0.124. The summed E-state index contributed by atoms with van der Waals surface area (Å²) in [5.41, 5.74) is 0.834. The monoisotopic (exact) mass is 370 g/mol. The molecule has 1 aliphatic heterocycles. The SMILES string of the molecule is O=C(Oc1ccc(Br)cc1F)C1Cc2cc(Cl)ccc2O1. The van der Waals surface area contributed by atoms with Crippen molar-refractivity contribution in [1.29, 1.82) is 0 Å². The van der Waals surface area contributed by atoms with Crippen molar-refractivity contribution in [3.05, 3.63) is 57.3 Å². The summed E-state index contributed by atoms with van der Waals surface area (Å²) < 4.78 is 24.8. The zero-order valence-corrected chi connectivity index (χ0v) is 12.9. The number of hydrogen-bond donors (Lipinski definition) is 0. The van der Waals surface area contributed by atoms with Crippen molar-refractivity contribution in [3.8, 4) is 11.5 Å². The molecule has 3 rings (SSSR count). The molecular weight excluding hydrogens is 363 g/mol. The van der Waals surface area contributed by atoms with Gasteiger partial charge in [0.15, 0.2) is 17.7 Å². The van der Waals surface area contributed by atoms with Crippen LogP contribution in [-0.4, -0.2) is 12.1 Å². The second-order valence-corrected chi connectivity index (χ2v) is 5.91. The number of fused-ring (bicyclic) bond motifs is 1. The standard InChI is InChI=1S/C15H9BrClFO3/c16-9-1-3-13(11(18)7-9)21-15(19)14-6-8-5-10(17)2-4-12(8)20-14/h1-5,7,14H,6H2. The highest BCUT2D eigenvalue weighted by atomic mass is 79.9. The Morgan fingerprint density at radius 3 is 2.90 bits per heavy atom. The van der Waals surface area contributed by atoms with Crippen LogP contribution in [0.4, 0.5) is 4.39 Å². The molecule has 0 amide bonds. The van der Waals surface area contributed by atoms with Crippen molar-refractivity contribution in [2.24, 2.45) is 0 Å². The van der Waals surface area contributed by atoms with Gasteiger partial charge in [0.25, 0.3) is 0 Å². The van der Waals surface area contributed by atoms with Crippen LogP contribution in [0.2, 0.25) is 5.02 Å². The molecule has 1 unspecified atom stereocenters. The minimum atomic E-state index is -0.790. The van der Waals surface area contributed by atoms with Crippen molar-refractivity contribution in [1.82, 2.24) is 0 Å². The van der Waals surface area contributed by atoms with Gasteiger partial charge in [-0.1, -0.05) is 27.5 Å². The predicted molar refractivity (Wildman–Crippen MR) is 79.3 cm³/mol. The third-order valence-corrected chi connectivity index (χ3v) is 3.79. The van der Waals surface area contributed by atoms with Crippen molar-refractivity contribution in [2.75, 3.05) is 0 Å². The molecule has 3 nitrogen and oxygen atoms in total. The lowest BCUT2D eigenvalue weighted by molar-refractivity contribution is -0.141. The van der Waals surface area contributed by atoms with Gasteiger partial charge in [0.1, 0.15) is 5.75 Å². The Balaban J connectivity index is 1.73. The van der Waals surface area contributed by atoms with E-state index < -0.39 is 17.9 Å². The van der Waals surface area contributed by atoms with Gasteiger partial charge in [-0.25, -0.2) is 9.18 Å². The number of benzene rings is 2. The molecule has 1 atom stereocenters. The Kier molecular flexibility index (Phi) is 3.87. The predicted octanol–water partition coefficient (Wildman–Crippen LogP) is 4.15. The van der Waals surface area contributed by atoms with Crippen molar-refractivity contribution in [2.45, 2.75) is 12.5 Å². The van der Waals surface area contributed by atoms with Crippen molar-refractivity contribution >= 4 is 33.5 Å². The van der Waals surface area contributed by atoms with E-state index in [9.17, 15) is 9.18 Å². The van der Waals surface area contributed by atoms with E-state index in [4.69, 9.17) is 21.1 Å². The summed E-state index contributed by atoms with van der Waals surface area (Å²) in [4.78, 5) is 12.0. The first-order valence-corrected chi connectivity index (χ1v) is 7.32. The third kappa shape index (κ3) is 3.04. The number of rotatable bonds is 2. The molecule has 0 saturated carbocycles. The van der Waals surface area contributed by atoms with Gasteiger partial charge < -0.3 is 9.47 Å². The summed E-state index contributed by atoms with van der Waals surface area (Å²) >= 11 is 9.03. The molecule has 0 saturated heterocycles. The van der Waals surface area contributed by atoms with Crippen LogP contribution in [-0.2, 0) is 11.2 Å². The van der Waals surface area contributed by atoms with Gasteiger partial charge in [0, 0.05) is 15.9 Å². The lowest BCUT2D eigenvalue weighted by Crippen LogP contribution is -2.30. The lowest BCUT2D eigenvalue weighted by atomic mass is 10.1. The van der Waals surface area contributed by atoms with E-state index in [1.165, 1.54) is 12.1 Å². The zero-order valence-electron chi connectivity index (χ0n) is 10.6. The molecule has 0 aliphatic carbocycles. The molecule has 108 valence electrons. The fraction of sp³-hybridized carbons (Fsp3) is 0.133. The molecule has 0 radical (unpaired) electrons. The average molecular weight is 372 g/mol. The van der Waals surface area contributed by atoms with Gasteiger partial charge in [-0.15, -0.1) is 0 Å². The van der Waals surface area contributed by atoms with Crippen LogP contribution in [0.25, 0.3) is 0 Å². The van der Waals surface area contributed by atoms with Gasteiger partial charge in [-0.3, -0.25) is 0 Å². The first-order valence-electron chi connectivity index (χ1n) is 6.15. The van der Waals surface area contributed by atoms with Crippen LogP contribution in [0.15, 0.2) is 40.9 Å². The molecule has 0 spiro atoms. The van der Waals surface area contributed by atoms with Gasteiger partial charge in [0.2, 0.25) is 0 Å².